The van der Waals surface area contributed by atoms with E-state index in [1.807, 2.05) is 0 Å². The Morgan fingerprint density at radius 2 is 1.84 bits per heavy atom. The van der Waals surface area contributed by atoms with E-state index in [0.717, 1.165) is 12.8 Å². The van der Waals surface area contributed by atoms with Crippen LogP contribution < -0.4 is 16.4 Å². The third-order valence-corrected chi connectivity index (χ3v) is 3.09. The fraction of sp³-hybridized carbons (Fsp3) is 0.286. The Bertz CT molecular complexity index is 515. The molecule has 0 aliphatic heterocycles. The Kier molecular flexibility index (Phi) is 4.18. The lowest BCUT2D eigenvalue weighted by atomic mass is 10.1. The lowest BCUT2D eigenvalue weighted by Crippen LogP contribution is -2.26. The Morgan fingerprint density at radius 1 is 1.16 bits per heavy atom. The summed E-state index contributed by atoms with van der Waals surface area (Å²) >= 11 is 0. The number of nitrogens with two attached hydrogens (primary N) is 1. The third-order valence-electron chi connectivity index (χ3n) is 3.09. The predicted molar refractivity (Wildman–Crippen MR) is 73.7 cm³/mol. The number of amides is 3. The molecule has 0 heterocycles. The van der Waals surface area contributed by atoms with Gasteiger partial charge in [-0.1, -0.05) is 17.7 Å². The number of primary amides is 1. The zero-order valence-corrected chi connectivity index (χ0v) is 10.6. The van der Waals surface area contributed by atoms with Gasteiger partial charge in [-0.2, -0.15) is 0 Å². The van der Waals surface area contributed by atoms with Gasteiger partial charge in [0.15, 0.2) is 0 Å². The fourth-order valence-corrected chi connectivity index (χ4v) is 2.11. The molecule has 4 N–H and O–H groups in total. The molecule has 1 saturated carbocycles. The Morgan fingerprint density at radius 3 is 2.53 bits per heavy atom. The first-order valence-electron chi connectivity index (χ1n) is 6.31. The van der Waals surface area contributed by atoms with Crippen molar-refractivity contribution >= 4 is 17.6 Å². The lowest BCUT2D eigenvalue weighted by Gasteiger charge is -2.08. The van der Waals surface area contributed by atoms with Crippen LogP contribution in [-0.2, 0) is 0 Å². The van der Waals surface area contributed by atoms with Crippen LogP contribution >= 0.6 is 0 Å². The highest BCUT2D eigenvalue weighted by Crippen LogP contribution is 2.22. The molecule has 1 fully saturated rings. The molecule has 0 aromatic heterocycles. The summed E-state index contributed by atoms with van der Waals surface area (Å²) in [7, 11) is 0. The van der Waals surface area contributed by atoms with Crippen LogP contribution in [0.25, 0.3) is 0 Å². The molecular weight excluding hydrogens is 242 g/mol. The number of carbonyl (C=O) groups is 2. The summed E-state index contributed by atoms with van der Waals surface area (Å²) < 4.78 is 0. The molecule has 0 spiro atoms. The normalized spacial score (nSPS) is 14.0. The summed E-state index contributed by atoms with van der Waals surface area (Å²) in [6.45, 7) is 0. The number of nitrogens with one attached hydrogen (secondary N) is 2. The van der Waals surface area contributed by atoms with Crippen LogP contribution in [0.4, 0.5) is 10.5 Å². The smallest absolute Gasteiger partial charge is 0.323 e. The molecule has 2 rings (SSSR count). The summed E-state index contributed by atoms with van der Waals surface area (Å²) in [6.07, 6.45) is 6.19. The molecule has 0 atom stereocenters. The van der Waals surface area contributed by atoms with Crippen molar-refractivity contribution in [3.63, 3.8) is 0 Å². The van der Waals surface area contributed by atoms with Crippen LogP contribution in [0.3, 0.4) is 0 Å². The van der Waals surface area contributed by atoms with E-state index < -0.39 is 5.91 Å². The van der Waals surface area contributed by atoms with Crippen molar-refractivity contribution in [3.8, 4) is 0 Å². The van der Waals surface area contributed by atoms with E-state index in [4.69, 9.17) is 5.73 Å². The molecule has 1 aliphatic rings. The monoisotopic (exact) mass is 259 g/mol. The predicted octanol–water partition coefficient (Wildman–Crippen LogP) is 2.36. The van der Waals surface area contributed by atoms with Crippen LogP contribution in [-0.4, -0.2) is 11.9 Å². The number of para-hydroxylation sites is 1. The molecule has 5 nitrogen and oxygen atoms in total. The minimum Gasteiger partial charge on any atom is -0.366 e. The second-order valence-corrected chi connectivity index (χ2v) is 4.52. The molecule has 1 aliphatic carbocycles. The van der Waals surface area contributed by atoms with Gasteiger partial charge in [0.2, 0.25) is 0 Å². The number of rotatable bonds is 3. The molecule has 3 amide bonds. The molecule has 5 heteroatoms. The van der Waals surface area contributed by atoms with Crippen LogP contribution in [0.2, 0.25) is 0 Å². The van der Waals surface area contributed by atoms with Gasteiger partial charge in [-0.25, -0.2) is 4.79 Å². The maximum Gasteiger partial charge on any atom is 0.323 e. The number of urea groups is 1. The van der Waals surface area contributed by atoms with Gasteiger partial charge in [0.25, 0.3) is 5.91 Å². The van der Waals surface area contributed by atoms with E-state index in [2.05, 4.69) is 10.6 Å². The molecule has 0 unspecified atom stereocenters. The highest BCUT2D eigenvalue weighted by atomic mass is 16.2. The molecule has 1 aromatic carbocycles. The second-order valence-electron chi connectivity index (χ2n) is 4.52. The number of hydrogen-bond acceptors (Lipinski definition) is 2. The number of anilines is 1. The van der Waals surface area contributed by atoms with E-state index in [1.54, 1.807) is 30.5 Å². The van der Waals surface area contributed by atoms with Crippen molar-refractivity contribution in [2.24, 2.45) is 5.73 Å². The van der Waals surface area contributed by atoms with Gasteiger partial charge >= 0.3 is 6.03 Å². The summed E-state index contributed by atoms with van der Waals surface area (Å²) in [4.78, 5) is 22.9. The average Bonchev–Trinajstić information content (AvgIpc) is 2.90. The van der Waals surface area contributed by atoms with Crippen molar-refractivity contribution in [2.75, 3.05) is 5.32 Å². The van der Waals surface area contributed by atoms with Gasteiger partial charge in [-0.05, 0) is 37.8 Å². The van der Waals surface area contributed by atoms with Crippen molar-refractivity contribution in [3.05, 3.63) is 41.6 Å². The molecule has 100 valence electrons. The van der Waals surface area contributed by atoms with Crippen LogP contribution in [0.5, 0.6) is 0 Å². The topological polar surface area (TPSA) is 84.2 Å². The maximum absolute atomic E-state index is 11.7. The van der Waals surface area contributed by atoms with Crippen molar-refractivity contribution < 1.29 is 9.59 Å². The van der Waals surface area contributed by atoms with E-state index in [9.17, 15) is 9.59 Å². The van der Waals surface area contributed by atoms with Crippen LogP contribution in [0.1, 0.15) is 36.0 Å². The summed E-state index contributed by atoms with van der Waals surface area (Å²) in [5, 5.41) is 5.30. The highest BCUT2D eigenvalue weighted by Gasteiger charge is 2.10. The van der Waals surface area contributed by atoms with E-state index in [0.29, 0.717) is 11.3 Å². The maximum atomic E-state index is 11.7. The van der Waals surface area contributed by atoms with Gasteiger partial charge in [-0.3, -0.25) is 4.79 Å². The van der Waals surface area contributed by atoms with Crippen LogP contribution in [0.15, 0.2) is 36.0 Å². The van der Waals surface area contributed by atoms with E-state index >= 15 is 0 Å². The SMILES string of the molecule is NC(=O)c1ccccc1NC(=O)NC=C1CCCC1. The van der Waals surface area contributed by atoms with Gasteiger partial charge in [0.05, 0.1) is 11.3 Å². The van der Waals surface area contributed by atoms with E-state index in [-0.39, 0.29) is 6.03 Å². The van der Waals surface area contributed by atoms with Gasteiger partial charge in [0, 0.05) is 6.20 Å². The quantitative estimate of drug-likeness (QED) is 0.778. The van der Waals surface area contributed by atoms with Crippen molar-refractivity contribution in [1.29, 1.82) is 0 Å². The molecular formula is C14H17N3O2. The average molecular weight is 259 g/mol. The zero-order valence-electron chi connectivity index (χ0n) is 10.6. The Balaban J connectivity index is 1.99. The van der Waals surface area contributed by atoms with Gasteiger partial charge in [0.1, 0.15) is 0 Å². The lowest BCUT2D eigenvalue weighted by molar-refractivity contribution is 0.100. The third kappa shape index (κ3) is 3.58. The largest absolute Gasteiger partial charge is 0.366 e. The minimum absolute atomic E-state index is 0.297. The summed E-state index contributed by atoms with van der Waals surface area (Å²) in [5.74, 6) is -0.565. The second kappa shape index (κ2) is 6.04. The van der Waals surface area contributed by atoms with Crippen molar-refractivity contribution in [1.82, 2.24) is 5.32 Å². The van der Waals surface area contributed by atoms with Gasteiger partial charge < -0.3 is 16.4 Å². The standard InChI is InChI=1S/C14H17N3O2/c15-13(18)11-7-3-4-8-12(11)17-14(19)16-9-10-5-1-2-6-10/h3-4,7-9H,1-2,5-6H2,(H2,15,18)(H2,16,17,19). The highest BCUT2D eigenvalue weighted by molar-refractivity contribution is 6.02. The number of hydrogen-bond donors (Lipinski definition) is 3. The number of benzene rings is 1. The molecule has 0 saturated heterocycles. The van der Waals surface area contributed by atoms with E-state index in [1.165, 1.54) is 18.4 Å². The summed E-state index contributed by atoms with van der Waals surface area (Å²) in [5.41, 5.74) is 7.20. The first-order chi connectivity index (χ1) is 9.16. The number of allylic oxidation sites excluding steroid dienone is 1. The fourth-order valence-electron chi connectivity index (χ4n) is 2.11. The van der Waals surface area contributed by atoms with Crippen molar-refractivity contribution in [2.45, 2.75) is 25.7 Å². The molecule has 0 bridgehead atoms. The molecule has 19 heavy (non-hydrogen) atoms. The minimum atomic E-state index is -0.565. The number of carbonyl (C=O) groups excluding carboxylic acids is 2. The van der Waals surface area contributed by atoms with Gasteiger partial charge in [-0.15, -0.1) is 0 Å². The first-order valence-corrected chi connectivity index (χ1v) is 6.31. The zero-order chi connectivity index (χ0) is 13.7. The summed E-state index contributed by atoms with van der Waals surface area (Å²) in [6, 6.07) is 6.28. The first kappa shape index (κ1) is 13.1. The Labute approximate surface area is 111 Å². The van der Waals surface area contributed by atoms with Crippen LogP contribution in [0, 0.1) is 0 Å². The Hall–Kier alpha value is -2.30. The molecule has 1 aromatic rings. The molecule has 0 radical (unpaired) electrons.